The molecule has 3 heteroatoms. The maximum atomic E-state index is 11.8. The molecule has 0 N–H and O–H groups in total. The molecule has 2 rings (SSSR count). The molecule has 0 saturated heterocycles. The topological polar surface area (TPSA) is 26.3 Å². The molecular weight excluding hydrogens is 291 g/mol. The Morgan fingerprint density at radius 2 is 1.83 bits per heavy atom. The van der Waals surface area contributed by atoms with Gasteiger partial charge in [-0.15, -0.1) is 0 Å². The van der Waals surface area contributed by atoms with Crippen LogP contribution in [0.1, 0.15) is 18.4 Å². The molecular formula is C15H16O2Se. The molecule has 1 atom stereocenters. The second kappa shape index (κ2) is 5.55. The quantitative estimate of drug-likeness (QED) is 0.811. The number of methoxy groups -OCH3 is 1. The van der Waals surface area contributed by atoms with Crippen molar-refractivity contribution in [2.24, 2.45) is 0 Å². The summed E-state index contributed by atoms with van der Waals surface area (Å²) in [6.07, 6.45) is 0. The second-order valence-corrected chi connectivity index (χ2v) is 5.92. The standard InChI is InChI=1S/C15H16O2Se/c1-10(15(16)18-3)11-4-5-13-9-14(17-2)7-6-12(13)8-11/h4-10H,1-3H3/t10-/m0/s1. The molecule has 0 aliphatic rings. The van der Waals surface area contributed by atoms with Crippen LogP contribution in [-0.4, -0.2) is 26.7 Å². The van der Waals surface area contributed by atoms with Gasteiger partial charge in [0.15, 0.2) is 0 Å². The van der Waals surface area contributed by atoms with Gasteiger partial charge in [-0.1, -0.05) is 0 Å². The average Bonchev–Trinajstić information content (AvgIpc) is 2.44. The Labute approximate surface area is 113 Å². The Balaban J connectivity index is 2.42. The third-order valence-electron chi connectivity index (χ3n) is 3.13. The fourth-order valence-electron chi connectivity index (χ4n) is 1.95. The molecule has 0 saturated carbocycles. The van der Waals surface area contributed by atoms with Gasteiger partial charge >= 0.3 is 113 Å². The van der Waals surface area contributed by atoms with Crippen LogP contribution in [-0.2, 0) is 4.79 Å². The zero-order valence-electron chi connectivity index (χ0n) is 10.8. The first-order valence-electron chi connectivity index (χ1n) is 5.81. The van der Waals surface area contributed by atoms with Gasteiger partial charge < -0.3 is 0 Å². The van der Waals surface area contributed by atoms with Gasteiger partial charge in [0.05, 0.1) is 0 Å². The number of hydrogen-bond acceptors (Lipinski definition) is 2. The maximum absolute atomic E-state index is 11.8. The van der Waals surface area contributed by atoms with Gasteiger partial charge in [-0.3, -0.25) is 0 Å². The van der Waals surface area contributed by atoms with Crippen LogP contribution in [0.25, 0.3) is 10.8 Å². The summed E-state index contributed by atoms with van der Waals surface area (Å²) in [5.41, 5.74) is 1.10. The summed E-state index contributed by atoms with van der Waals surface area (Å²) in [5.74, 6) is 2.83. The predicted molar refractivity (Wildman–Crippen MR) is 75.5 cm³/mol. The van der Waals surface area contributed by atoms with E-state index in [1.54, 1.807) is 7.11 Å². The number of benzene rings is 2. The number of rotatable bonds is 4. The van der Waals surface area contributed by atoms with E-state index >= 15 is 0 Å². The van der Waals surface area contributed by atoms with E-state index in [-0.39, 0.29) is 20.9 Å². The summed E-state index contributed by atoms with van der Waals surface area (Å²) in [4.78, 5) is 11.8. The molecule has 0 bridgehead atoms. The zero-order chi connectivity index (χ0) is 13.1. The van der Waals surface area contributed by atoms with E-state index in [0.717, 1.165) is 22.1 Å². The van der Waals surface area contributed by atoms with Gasteiger partial charge in [-0.2, -0.15) is 0 Å². The molecule has 0 fully saturated rings. The zero-order valence-corrected chi connectivity index (χ0v) is 12.5. The van der Waals surface area contributed by atoms with Crippen molar-refractivity contribution >= 4 is 30.4 Å². The van der Waals surface area contributed by atoms with Crippen molar-refractivity contribution in [2.75, 3.05) is 7.11 Å². The number of ether oxygens (including phenoxy) is 1. The van der Waals surface area contributed by atoms with Crippen molar-refractivity contribution in [1.29, 1.82) is 0 Å². The molecule has 2 nitrogen and oxygen atoms in total. The minimum atomic E-state index is 0.00139. The second-order valence-electron chi connectivity index (χ2n) is 4.22. The molecule has 0 aromatic heterocycles. The third-order valence-corrected chi connectivity index (χ3v) is 4.71. The molecule has 0 aliphatic heterocycles. The molecule has 0 aliphatic carbocycles. The number of fused-ring (bicyclic) bond motifs is 1. The predicted octanol–water partition coefficient (Wildman–Crippen LogP) is 3.23. The summed E-state index contributed by atoms with van der Waals surface area (Å²) in [5, 5.41) is 2.29. The van der Waals surface area contributed by atoms with Crippen LogP contribution in [0.3, 0.4) is 0 Å². The van der Waals surface area contributed by atoms with Crippen molar-refractivity contribution in [1.82, 2.24) is 0 Å². The van der Waals surface area contributed by atoms with Crippen molar-refractivity contribution < 1.29 is 9.53 Å². The first-order valence-corrected chi connectivity index (χ1v) is 8.38. The van der Waals surface area contributed by atoms with E-state index in [4.69, 9.17) is 4.74 Å². The van der Waals surface area contributed by atoms with Crippen LogP contribution < -0.4 is 4.74 Å². The van der Waals surface area contributed by atoms with E-state index < -0.39 is 0 Å². The molecule has 0 amide bonds. The van der Waals surface area contributed by atoms with Crippen molar-refractivity contribution in [2.45, 2.75) is 18.7 Å². The van der Waals surface area contributed by atoms with Gasteiger partial charge in [0, 0.05) is 0 Å². The van der Waals surface area contributed by atoms with E-state index in [1.165, 1.54) is 0 Å². The Morgan fingerprint density at radius 3 is 2.50 bits per heavy atom. The van der Waals surface area contributed by atoms with Crippen LogP contribution >= 0.6 is 0 Å². The molecule has 2 aromatic rings. The van der Waals surface area contributed by atoms with E-state index in [2.05, 4.69) is 12.1 Å². The van der Waals surface area contributed by atoms with Gasteiger partial charge in [0.1, 0.15) is 0 Å². The van der Waals surface area contributed by atoms with Gasteiger partial charge in [0.25, 0.3) is 0 Å². The third kappa shape index (κ3) is 2.58. The molecule has 94 valence electrons. The summed E-state index contributed by atoms with van der Waals surface area (Å²) in [6, 6.07) is 12.2. The molecule has 0 unspecified atom stereocenters. The van der Waals surface area contributed by atoms with Crippen LogP contribution in [0, 0.1) is 0 Å². The Hall–Kier alpha value is -1.31. The fraction of sp³-hybridized carbons (Fsp3) is 0.267. The number of carbonyl (C=O) groups excluding carboxylic acids is 1. The first kappa shape index (κ1) is 13.1. The molecule has 0 spiro atoms. The van der Waals surface area contributed by atoms with Crippen molar-refractivity contribution in [3.63, 3.8) is 0 Å². The van der Waals surface area contributed by atoms with Gasteiger partial charge in [-0.25, -0.2) is 0 Å². The Kier molecular flexibility index (Phi) is 4.05. The summed E-state index contributed by atoms with van der Waals surface area (Å²) >= 11 is 0.0638. The van der Waals surface area contributed by atoms with Gasteiger partial charge in [0.2, 0.25) is 0 Å². The Bertz CT molecular complexity index is 578. The number of carbonyl (C=O) groups is 1. The summed E-state index contributed by atoms with van der Waals surface area (Å²) in [6.45, 7) is 1.98. The number of hydrogen-bond donors (Lipinski definition) is 0. The average molecular weight is 307 g/mol. The SMILES string of the molecule is COc1ccc2cc([C@H](C)C(=O)[Se]C)ccc2c1. The monoisotopic (exact) mass is 308 g/mol. The summed E-state index contributed by atoms with van der Waals surface area (Å²) in [7, 11) is 1.67. The molecule has 0 heterocycles. The van der Waals surface area contributed by atoms with Crippen LogP contribution in [0.4, 0.5) is 0 Å². The normalized spacial score (nSPS) is 12.4. The van der Waals surface area contributed by atoms with E-state index in [9.17, 15) is 4.79 Å². The minimum absolute atomic E-state index is 0.00139. The molecule has 0 radical (unpaired) electrons. The molecule has 18 heavy (non-hydrogen) atoms. The first-order chi connectivity index (χ1) is 8.65. The summed E-state index contributed by atoms with van der Waals surface area (Å²) < 4.78 is 5.55. The van der Waals surface area contributed by atoms with Crippen molar-refractivity contribution in [3.05, 3.63) is 42.0 Å². The Morgan fingerprint density at radius 1 is 1.17 bits per heavy atom. The van der Waals surface area contributed by atoms with Crippen molar-refractivity contribution in [3.8, 4) is 5.75 Å². The van der Waals surface area contributed by atoms with E-state index in [1.807, 2.05) is 37.0 Å². The van der Waals surface area contributed by atoms with Gasteiger partial charge in [-0.05, 0) is 0 Å². The van der Waals surface area contributed by atoms with E-state index in [0.29, 0.717) is 4.68 Å². The fourth-order valence-corrected chi connectivity index (χ4v) is 2.98. The molecule has 2 aromatic carbocycles. The van der Waals surface area contributed by atoms with Crippen LogP contribution in [0.2, 0.25) is 5.82 Å². The van der Waals surface area contributed by atoms with Crippen LogP contribution in [0.15, 0.2) is 36.4 Å². The van der Waals surface area contributed by atoms with Crippen LogP contribution in [0.5, 0.6) is 5.75 Å².